The molecule has 0 radical (unpaired) electrons. The van der Waals surface area contributed by atoms with Gasteiger partial charge in [-0.2, -0.15) is 0 Å². The van der Waals surface area contributed by atoms with Crippen LogP contribution >= 0.6 is 0 Å². The Morgan fingerprint density at radius 1 is 0.917 bits per heavy atom. The summed E-state index contributed by atoms with van der Waals surface area (Å²) in [4.78, 5) is 2.53. The molecule has 6 rings (SSSR count). The highest BCUT2D eigenvalue weighted by Gasteiger charge is 2.36. The molecule has 0 saturated carbocycles. The molecule has 122 valence electrons. The second-order valence-electron chi connectivity index (χ2n) is 7.23. The van der Waals surface area contributed by atoms with Crippen molar-refractivity contribution in [3.05, 3.63) is 54.7 Å². The predicted octanol–water partition coefficient (Wildman–Crippen LogP) is 4.28. The monoisotopic (exact) mass is 318 g/mol. The van der Waals surface area contributed by atoms with Gasteiger partial charge in [0.15, 0.2) is 5.88 Å². The molecule has 24 heavy (non-hydrogen) atoms. The smallest absolute Gasteiger partial charge is 0.199 e. The fourth-order valence-corrected chi connectivity index (χ4v) is 4.52. The van der Waals surface area contributed by atoms with Gasteiger partial charge in [-0.1, -0.05) is 42.5 Å². The molecule has 0 unspecified atom stereocenters. The summed E-state index contributed by atoms with van der Waals surface area (Å²) in [7, 11) is 0. The lowest BCUT2D eigenvalue weighted by Gasteiger charge is -2.45. The standard InChI is InChI=1S/C21H22N2O/c24-21-19-12-17(15-4-2-1-3-5-15)6-7-18(19)13-23(21)20-14-22-10-8-16(20)9-11-22/h1-7,12-13,16,20,24H,8-11,14H2/t20-/m0/s1. The zero-order valence-electron chi connectivity index (χ0n) is 13.7. The number of benzene rings is 2. The van der Waals surface area contributed by atoms with E-state index in [2.05, 4.69) is 58.1 Å². The van der Waals surface area contributed by atoms with Gasteiger partial charge in [-0.15, -0.1) is 0 Å². The van der Waals surface area contributed by atoms with Crippen molar-refractivity contribution < 1.29 is 5.11 Å². The van der Waals surface area contributed by atoms with Crippen LogP contribution in [0.25, 0.3) is 21.9 Å². The first kappa shape index (κ1) is 14.1. The number of aromatic nitrogens is 1. The van der Waals surface area contributed by atoms with Crippen LogP contribution in [0, 0.1) is 5.92 Å². The molecule has 0 spiro atoms. The van der Waals surface area contributed by atoms with Crippen molar-refractivity contribution in [2.45, 2.75) is 18.9 Å². The quantitative estimate of drug-likeness (QED) is 0.764. The van der Waals surface area contributed by atoms with Crippen LogP contribution in [0.3, 0.4) is 0 Å². The van der Waals surface area contributed by atoms with Gasteiger partial charge in [0, 0.05) is 23.5 Å². The Hall–Kier alpha value is -2.26. The molecular formula is C21H22N2O. The minimum absolute atomic E-state index is 0.417. The number of hydrogen-bond acceptors (Lipinski definition) is 2. The Labute approximate surface area is 142 Å². The normalized spacial score (nSPS) is 26.1. The van der Waals surface area contributed by atoms with Crippen LogP contribution in [0.1, 0.15) is 18.9 Å². The maximum absolute atomic E-state index is 10.9. The van der Waals surface area contributed by atoms with E-state index in [-0.39, 0.29) is 0 Å². The first-order chi connectivity index (χ1) is 11.8. The van der Waals surface area contributed by atoms with Crippen molar-refractivity contribution in [2.75, 3.05) is 19.6 Å². The second-order valence-corrected chi connectivity index (χ2v) is 7.23. The molecule has 3 aromatic rings. The lowest BCUT2D eigenvalue weighted by Crippen LogP contribution is -2.47. The summed E-state index contributed by atoms with van der Waals surface area (Å²) in [5.41, 5.74) is 2.35. The van der Waals surface area contributed by atoms with Crippen molar-refractivity contribution in [3.63, 3.8) is 0 Å². The zero-order valence-corrected chi connectivity index (χ0v) is 13.7. The summed E-state index contributed by atoms with van der Waals surface area (Å²) in [6, 6.07) is 17.2. The van der Waals surface area contributed by atoms with Gasteiger partial charge >= 0.3 is 0 Å². The molecule has 0 aliphatic carbocycles. The van der Waals surface area contributed by atoms with E-state index in [4.69, 9.17) is 0 Å². The zero-order chi connectivity index (χ0) is 16.1. The SMILES string of the molecule is Oc1c2cc(-c3ccccc3)ccc2cn1[C@H]1CN2CCC1CC2. The largest absolute Gasteiger partial charge is 0.494 e. The van der Waals surface area contributed by atoms with Gasteiger partial charge in [0.1, 0.15) is 0 Å². The van der Waals surface area contributed by atoms with E-state index in [1.165, 1.54) is 31.5 Å². The number of piperidine rings is 3. The fourth-order valence-electron chi connectivity index (χ4n) is 4.52. The third-order valence-corrected chi connectivity index (χ3v) is 5.90. The van der Waals surface area contributed by atoms with E-state index in [1.807, 2.05) is 6.07 Å². The van der Waals surface area contributed by atoms with Crippen LogP contribution in [-0.4, -0.2) is 34.2 Å². The van der Waals surface area contributed by atoms with Gasteiger partial charge in [0.05, 0.1) is 6.04 Å². The number of hydrogen-bond donors (Lipinski definition) is 1. The first-order valence-electron chi connectivity index (χ1n) is 8.91. The average molecular weight is 318 g/mol. The Morgan fingerprint density at radius 3 is 2.42 bits per heavy atom. The van der Waals surface area contributed by atoms with Crippen LogP contribution < -0.4 is 0 Å². The minimum atomic E-state index is 0.417. The highest BCUT2D eigenvalue weighted by molar-refractivity contribution is 5.91. The Morgan fingerprint density at radius 2 is 1.71 bits per heavy atom. The average Bonchev–Trinajstić information content (AvgIpc) is 2.99. The molecule has 0 amide bonds. The Bertz CT molecular complexity index is 875. The predicted molar refractivity (Wildman–Crippen MR) is 97.2 cm³/mol. The van der Waals surface area contributed by atoms with Crippen LogP contribution in [0.5, 0.6) is 5.88 Å². The molecule has 1 atom stereocenters. The van der Waals surface area contributed by atoms with Crippen LogP contribution in [0.15, 0.2) is 54.7 Å². The molecule has 3 nitrogen and oxygen atoms in total. The molecule has 3 fully saturated rings. The maximum Gasteiger partial charge on any atom is 0.199 e. The molecule has 3 heteroatoms. The van der Waals surface area contributed by atoms with Crippen molar-refractivity contribution in [2.24, 2.45) is 5.92 Å². The summed E-state index contributed by atoms with van der Waals surface area (Å²) in [5, 5.41) is 13.0. The molecular weight excluding hydrogens is 296 g/mol. The lowest BCUT2D eigenvalue weighted by molar-refractivity contribution is 0.0541. The molecule has 2 aromatic carbocycles. The Kier molecular flexibility index (Phi) is 3.17. The molecule has 4 heterocycles. The highest BCUT2D eigenvalue weighted by Crippen LogP contribution is 2.41. The molecule has 3 aliphatic heterocycles. The van der Waals surface area contributed by atoms with Gasteiger partial charge in [-0.05, 0) is 49.0 Å². The van der Waals surface area contributed by atoms with Gasteiger partial charge < -0.3 is 14.6 Å². The van der Waals surface area contributed by atoms with Crippen molar-refractivity contribution >= 4 is 10.8 Å². The third-order valence-electron chi connectivity index (χ3n) is 5.90. The number of nitrogens with zero attached hydrogens (tertiary/aromatic N) is 2. The lowest BCUT2D eigenvalue weighted by atomic mass is 9.84. The van der Waals surface area contributed by atoms with Gasteiger partial charge in [0.25, 0.3) is 0 Å². The summed E-state index contributed by atoms with van der Waals surface area (Å²) in [6.07, 6.45) is 4.66. The van der Waals surface area contributed by atoms with Gasteiger partial charge in [0.2, 0.25) is 0 Å². The van der Waals surface area contributed by atoms with E-state index in [1.54, 1.807) is 0 Å². The summed E-state index contributed by atoms with van der Waals surface area (Å²) in [5.74, 6) is 1.14. The van der Waals surface area contributed by atoms with Crippen molar-refractivity contribution in [3.8, 4) is 17.0 Å². The summed E-state index contributed by atoms with van der Waals surface area (Å²) < 4.78 is 2.13. The fraction of sp³-hybridized carbons (Fsp3) is 0.333. The van der Waals surface area contributed by atoms with Crippen molar-refractivity contribution in [1.82, 2.24) is 9.47 Å². The highest BCUT2D eigenvalue weighted by atomic mass is 16.3. The number of fused-ring (bicyclic) bond motifs is 4. The molecule has 3 aliphatic rings. The van der Waals surface area contributed by atoms with E-state index in [0.717, 1.165) is 22.9 Å². The van der Waals surface area contributed by atoms with E-state index in [0.29, 0.717) is 17.8 Å². The molecule has 1 aromatic heterocycles. The van der Waals surface area contributed by atoms with Crippen molar-refractivity contribution in [1.29, 1.82) is 0 Å². The van der Waals surface area contributed by atoms with Crippen LogP contribution in [0.4, 0.5) is 0 Å². The number of rotatable bonds is 2. The summed E-state index contributed by atoms with van der Waals surface area (Å²) in [6.45, 7) is 3.52. The third kappa shape index (κ3) is 2.15. The Balaban J connectivity index is 1.58. The molecule has 2 bridgehead atoms. The van der Waals surface area contributed by atoms with Gasteiger partial charge in [-0.25, -0.2) is 0 Å². The van der Waals surface area contributed by atoms with E-state index >= 15 is 0 Å². The van der Waals surface area contributed by atoms with Gasteiger partial charge in [-0.3, -0.25) is 0 Å². The van der Waals surface area contributed by atoms with E-state index in [9.17, 15) is 5.11 Å². The van der Waals surface area contributed by atoms with Crippen LogP contribution in [0.2, 0.25) is 0 Å². The minimum Gasteiger partial charge on any atom is -0.494 e. The second kappa shape index (κ2) is 5.38. The summed E-state index contributed by atoms with van der Waals surface area (Å²) >= 11 is 0. The van der Waals surface area contributed by atoms with Crippen LogP contribution in [-0.2, 0) is 0 Å². The topological polar surface area (TPSA) is 28.4 Å². The number of aromatic hydroxyl groups is 1. The first-order valence-corrected chi connectivity index (χ1v) is 8.91. The molecule has 3 saturated heterocycles. The van der Waals surface area contributed by atoms with E-state index < -0.39 is 0 Å². The maximum atomic E-state index is 10.9. The molecule has 1 N–H and O–H groups in total.